The van der Waals surface area contributed by atoms with Gasteiger partial charge >= 0.3 is 5.97 Å². The number of carbonyl (C=O) groups is 1. The molecule has 0 bridgehead atoms. The third-order valence-electron chi connectivity index (χ3n) is 4.51. The zero-order valence-electron chi connectivity index (χ0n) is 18.4. The van der Waals surface area contributed by atoms with Gasteiger partial charge in [-0.2, -0.15) is 0 Å². The minimum absolute atomic E-state index is 0.0555. The molecule has 0 saturated carbocycles. The van der Waals surface area contributed by atoms with Crippen molar-refractivity contribution in [2.45, 2.75) is 23.3 Å². The Kier molecular flexibility index (Phi) is 7.78. The summed E-state index contributed by atoms with van der Waals surface area (Å²) < 4.78 is 34.9. The van der Waals surface area contributed by atoms with E-state index < -0.39 is 22.0 Å². The monoisotopic (exact) mass is 474 g/mol. The number of nitrogens with one attached hydrogen (secondary N) is 1. The molecule has 2 heterocycles. The summed E-state index contributed by atoms with van der Waals surface area (Å²) in [5.41, 5.74) is 1.59. The molecule has 9 heteroatoms. The summed E-state index contributed by atoms with van der Waals surface area (Å²) in [5.74, 6) is -0.449. The van der Waals surface area contributed by atoms with E-state index in [2.05, 4.69) is 9.71 Å². The van der Waals surface area contributed by atoms with Gasteiger partial charge in [0.2, 0.25) is 0 Å². The summed E-state index contributed by atoms with van der Waals surface area (Å²) >= 11 is 1.15. The smallest absolute Gasteiger partial charge is 0.307 e. The van der Waals surface area contributed by atoms with E-state index in [0.717, 1.165) is 21.8 Å². The highest BCUT2D eigenvalue weighted by atomic mass is 32.2. The molecule has 170 valence electrons. The van der Waals surface area contributed by atoms with Gasteiger partial charge in [-0.25, -0.2) is 13.1 Å². The number of likely N-dealkylation sites (N-methyl/N-ethyl adjacent to an activating group) is 1. The highest BCUT2D eigenvalue weighted by Crippen LogP contribution is 2.29. The normalized spacial score (nSPS) is 13.0. The number of ether oxygens (including phenoxy) is 1. The Balaban J connectivity index is 1.70. The lowest BCUT2D eigenvalue weighted by Gasteiger charge is -2.29. The Morgan fingerprint density at radius 3 is 2.44 bits per heavy atom. The molecule has 0 saturated heterocycles. The topological polar surface area (TPSA) is 85.4 Å². The number of quaternary nitrogens is 1. The zero-order valence-corrected chi connectivity index (χ0v) is 20.0. The second kappa shape index (κ2) is 10.4. The van der Waals surface area contributed by atoms with Crippen LogP contribution in [0.15, 0.2) is 71.1 Å². The molecular weight excluding hydrogens is 446 g/mol. The lowest BCUT2D eigenvalue weighted by molar-refractivity contribution is -0.871. The Bertz CT molecular complexity index is 1120. The van der Waals surface area contributed by atoms with Gasteiger partial charge in [0.05, 0.1) is 50.7 Å². The van der Waals surface area contributed by atoms with E-state index in [1.807, 2.05) is 69.7 Å². The third-order valence-corrected chi connectivity index (χ3v) is 7.63. The second-order valence-electron chi connectivity index (χ2n) is 8.48. The molecule has 7 nitrogen and oxygen atoms in total. The van der Waals surface area contributed by atoms with Crippen LogP contribution in [-0.2, 0) is 26.2 Å². The van der Waals surface area contributed by atoms with Crippen molar-refractivity contribution in [3.63, 3.8) is 0 Å². The van der Waals surface area contributed by atoms with Crippen molar-refractivity contribution in [2.75, 3.05) is 27.7 Å². The van der Waals surface area contributed by atoms with Gasteiger partial charge in [0, 0.05) is 6.20 Å². The van der Waals surface area contributed by atoms with Crippen LogP contribution >= 0.6 is 11.3 Å². The number of esters is 1. The number of aromatic nitrogens is 1. The summed E-state index contributed by atoms with van der Waals surface area (Å²) in [6, 6.07) is 17.6. The van der Waals surface area contributed by atoms with E-state index in [0.29, 0.717) is 16.7 Å². The first-order valence-electron chi connectivity index (χ1n) is 10.2. The van der Waals surface area contributed by atoms with Crippen LogP contribution < -0.4 is 4.72 Å². The molecule has 3 aromatic rings. The average Bonchev–Trinajstić information content (AvgIpc) is 3.23. The molecule has 1 aromatic carbocycles. The number of pyridine rings is 1. The van der Waals surface area contributed by atoms with Gasteiger partial charge in [0.25, 0.3) is 10.0 Å². The van der Waals surface area contributed by atoms with Gasteiger partial charge in [-0.15, -0.1) is 11.3 Å². The number of rotatable bonds is 10. The van der Waals surface area contributed by atoms with Crippen molar-refractivity contribution < 1.29 is 22.4 Å². The Morgan fingerprint density at radius 1 is 1.06 bits per heavy atom. The maximum absolute atomic E-state index is 13.1. The van der Waals surface area contributed by atoms with Crippen LogP contribution in [0.2, 0.25) is 0 Å². The predicted octanol–water partition coefficient (Wildman–Crippen LogP) is 3.30. The van der Waals surface area contributed by atoms with Crippen molar-refractivity contribution >= 4 is 27.3 Å². The molecular formula is C23H28N3O4S2+. The van der Waals surface area contributed by atoms with Crippen molar-refractivity contribution in [2.24, 2.45) is 0 Å². The SMILES string of the molecule is C[N+](C)(C)CC(CC(=O)OCc1ccccc1)NS(=O)(=O)c1ccc(-c2ccccn2)s1. The van der Waals surface area contributed by atoms with E-state index >= 15 is 0 Å². The fourth-order valence-electron chi connectivity index (χ4n) is 3.19. The Labute approximate surface area is 193 Å². The summed E-state index contributed by atoms with van der Waals surface area (Å²) in [6.45, 7) is 0.583. The van der Waals surface area contributed by atoms with Crippen molar-refractivity contribution in [3.05, 3.63) is 72.4 Å². The van der Waals surface area contributed by atoms with Crippen LogP contribution in [0, 0.1) is 0 Å². The number of benzene rings is 1. The molecule has 3 rings (SSSR count). The van der Waals surface area contributed by atoms with Crippen LogP contribution in [0.4, 0.5) is 0 Å². The maximum Gasteiger partial charge on any atom is 0.307 e. The first kappa shape index (κ1) is 24.1. The van der Waals surface area contributed by atoms with E-state index in [1.165, 1.54) is 0 Å². The Hall–Kier alpha value is -2.59. The van der Waals surface area contributed by atoms with E-state index in [9.17, 15) is 13.2 Å². The van der Waals surface area contributed by atoms with Gasteiger partial charge in [-0.1, -0.05) is 36.4 Å². The number of thiophene rings is 1. The number of sulfonamides is 1. The molecule has 0 aliphatic carbocycles. The number of carbonyl (C=O) groups excluding carboxylic acids is 1. The fraction of sp³-hybridized carbons (Fsp3) is 0.304. The van der Waals surface area contributed by atoms with Crippen molar-refractivity contribution in [1.29, 1.82) is 0 Å². The second-order valence-corrected chi connectivity index (χ2v) is 11.5. The summed E-state index contributed by atoms with van der Waals surface area (Å²) in [6.07, 6.45) is 1.61. The summed E-state index contributed by atoms with van der Waals surface area (Å²) in [7, 11) is 2.03. The maximum atomic E-state index is 13.1. The quantitative estimate of drug-likeness (QED) is 0.360. The minimum Gasteiger partial charge on any atom is -0.461 e. The molecule has 1 unspecified atom stereocenters. The largest absolute Gasteiger partial charge is 0.461 e. The molecule has 0 aliphatic heterocycles. The third kappa shape index (κ3) is 7.23. The van der Waals surface area contributed by atoms with Crippen LogP contribution in [0.1, 0.15) is 12.0 Å². The number of hydrogen-bond donors (Lipinski definition) is 1. The fourth-order valence-corrected chi connectivity index (χ4v) is 5.72. The van der Waals surface area contributed by atoms with Crippen LogP contribution in [-0.4, -0.2) is 57.6 Å². The lowest BCUT2D eigenvalue weighted by Crippen LogP contribution is -2.49. The molecule has 0 aliphatic rings. The van der Waals surface area contributed by atoms with Gasteiger partial charge in [-0.05, 0) is 29.8 Å². The van der Waals surface area contributed by atoms with Gasteiger partial charge in [0.15, 0.2) is 0 Å². The van der Waals surface area contributed by atoms with Gasteiger partial charge in [-0.3, -0.25) is 9.78 Å². The highest BCUT2D eigenvalue weighted by molar-refractivity contribution is 7.91. The van der Waals surface area contributed by atoms with Crippen LogP contribution in [0.25, 0.3) is 10.6 Å². The molecule has 32 heavy (non-hydrogen) atoms. The summed E-state index contributed by atoms with van der Waals surface area (Å²) in [4.78, 5) is 17.5. The van der Waals surface area contributed by atoms with E-state index in [4.69, 9.17) is 4.74 Å². The van der Waals surface area contributed by atoms with E-state index in [1.54, 1.807) is 18.3 Å². The predicted molar refractivity (Wildman–Crippen MR) is 125 cm³/mol. The van der Waals surface area contributed by atoms with Crippen molar-refractivity contribution in [1.82, 2.24) is 9.71 Å². The summed E-state index contributed by atoms with van der Waals surface area (Å²) in [5, 5.41) is 0. The molecule has 0 amide bonds. The molecule has 0 radical (unpaired) electrons. The molecule has 1 atom stereocenters. The first-order chi connectivity index (χ1) is 15.1. The van der Waals surface area contributed by atoms with E-state index in [-0.39, 0.29) is 17.2 Å². The van der Waals surface area contributed by atoms with Gasteiger partial charge in [0.1, 0.15) is 10.8 Å². The molecule has 0 spiro atoms. The molecule has 0 fully saturated rings. The minimum atomic E-state index is -3.81. The Morgan fingerprint density at radius 2 is 1.78 bits per heavy atom. The zero-order chi connectivity index (χ0) is 23.2. The van der Waals surface area contributed by atoms with Crippen LogP contribution in [0.5, 0.6) is 0 Å². The van der Waals surface area contributed by atoms with Crippen molar-refractivity contribution in [3.8, 4) is 10.6 Å². The standard InChI is InChI=1S/C23H28N3O4S2/c1-26(2,3)16-19(15-22(27)30-17-18-9-5-4-6-10-18)25-32(28,29)23-13-12-21(31-23)20-11-7-8-14-24-20/h4-14,19,25H,15-17H2,1-3H3/q+1. The van der Waals surface area contributed by atoms with Gasteiger partial charge < -0.3 is 9.22 Å². The molecule has 1 N–H and O–H groups in total. The van der Waals surface area contributed by atoms with Crippen LogP contribution in [0.3, 0.4) is 0 Å². The first-order valence-corrected chi connectivity index (χ1v) is 12.5. The average molecular weight is 475 g/mol. The number of hydrogen-bond acceptors (Lipinski definition) is 6. The number of nitrogens with zero attached hydrogens (tertiary/aromatic N) is 2. The molecule has 2 aromatic heterocycles. The lowest BCUT2D eigenvalue weighted by atomic mass is 10.2. The highest BCUT2D eigenvalue weighted by Gasteiger charge is 2.28.